The third-order valence-electron chi connectivity index (χ3n) is 2.59. The normalized spacial score (nSPS) is 11.7. The number of anilines is 1. The van der Waals surface area contributed by atoms with E-state index in [2.05, 4.69) is 37.2 Å². The van der Waals surface area contributed by atoms with Crippen molar-refractivity contribution in [2.45, 2.75) is 18.9 Å². The first-order chi connectivity index (χ1) is 9.72. The molecule has 0 aliphatic rings. The Morgan fingerprint density at radius 2 is 1.71 bits per heavy atom. The van der Waals surface area contributed by atoms with Crippen LogP contribution in [0.5, 0.6) is 0 Å². The minimum Gasteiger partial charge on any atom is -0.481 e. The molecule has 1 aromatic carbocycles. The van der Waals surface area contributed by atoms with Crippen molar-refractivity contribution in [3.63, 3.8) is 0 Å². The van der Waals surface area contributed by atoms with Crippen molar-refractivity contribution in [1.82, 2.24) is 5.32 Å². The highest BCUT2D eigenvalue weighted by molar-refractivity contribution is 9.11. The van der Waals surface area contributed by atoms with Crippen molar-refractivity contribution < 1.29 is 24.6 Å². The second-order valence-electron chi connectivity index (χ2n) is 4.15. The topological polar surface area (TPSA) is 130 Å². The van der Waals surface area contributed by atoms with E-state index in [4.69, 9.17) is 15.9 Å². The quantitative estimate of drug-likeness (QED) is 0.516. The van der Waals surface area contributed by atoms with Gasteiger partial charge in [-0.3, -0.25) is 9.59 Å². The predicted molar refractivity (Wildman–Crippen MR) is 82.0 cm³/mol. The van der Waals surface area contributed by atoms with E-state index in [1.165, 1.54) is 12.1 Å². The van der Waals surface area contributed by atoms with Gasteiger partial charge in [0.05, 0.1) is 5.69 Å². The maximum Gasteiger partial charge on any atom is 0.326 e. The van der Waals surface area contributed by atoms with Gasteiger partial charge in [-0.05, 0) is 50.4 Å². The summed E-state index contributed by atoms with van der Waals surface area (Å²) in [5.41, 5.74) is 6.30. The van der Waals surface area contributed by atoms with Gasteiger partial charge in [0, 0.05) is 20.9 Å². The second-order valence-corrected chi connectivity index (χ2v) is 5.86. The lowest BCUT2D eigenvalue weighted by atomic mass is 10.1. The standard InChI is InChI=1S/C12H12Br2N2O5/c13-6-3-5(4-7(14)10(6)15)11(19)16-8(12(20)21)1-2-9(17)18/h3-4,8H,1-2,15H2,(H,16,19)(H,17,18)(H,20,21)/t8-/m0/s1. The number of nitrogens with one attached hydrogen (secondary N) is 1. The first-order valence-electron chi connectivity index (χ1n) is 5.72. The molecule has 0 aromatic heterocycles. The highest BCUT2D eigenvalue weighted by Crippen LogP contribution is 2.29. The third-order valence-corrected chi connectivity index (χ3v) is 3.90. The van der Waals surface area contributed by atoms with Crippen molar-refractivity contribution in [2.24, 2.45) is 0 Å². The van der Waals surface area contributed by atoms with Crippen LogP contribution in [0.25, 0.3) is 0 Å². The van der Waals surface area contributed by atoms with E-state index in [1.54, 1.807) is 0 Å². The zero-order chi connectivity index (χ0) is 16.2. The summed E-state index contributed by atoms with van der Waals surface area (Å²) in [5.74, 6) is -3.05. The number of benzene rings is 1. The molecule has 0 radical (unpaired) electrons. The molecule has 1 atom stereocenters. The van der Waals surface area contributed by atoms with Crippen LogP contribution in [-0.4, -0.2) is 34.1 Å². The smallest absolute Gasteiger partial charge is 0.326 e. The molecular formula is C12H12Br2N2O5. The molecule has 7 nitrogen and oxygen atoms in total. The largest absolute Gasteiger partial charge is 0.481 e. The third kappa shape index (κ3) is 5.01. The molecule has 1 amide bonds. The molecule has 0 saturated carbocycles. The fraction of sp³-hybridized carbons (Fsp3) is 0.250. The summed E-state index contributed by atoms with van der Waals surface area (Å²) in [4.78, 5) is 33.5. The molecular weight excluding hydrogens is 412 g/mol. The zero-order valence-electron chi connectivity index (χ0n) is 10.6. The highest BCUT2D eigenvalue weighted by Gasteiger charge is 2.22. The summed E-state index contributed by atoms with van der Waals surface area (Å²) >= 11 is 6.36. The van der Waals surface area contributed by atoms with Gasteiger partial charge in [-0.1, -0.05) is 0 Å². The van der Waals surface area contributed by atoms with Crippen LogP contribution in [0.15, 0.2) is 21.1 Å². The maximum absolute atomic E-state index is 12.0. The number of carbonyl (C=O) groups excluding carboxylic acids is 1. The number of carbonyl (C=O) groups is 3. The van der Waals surface area contributed by atoms with Gasteiger partial charge in [0.15, 0.2) is 0 Å². The lowest BCUT2D eigenvalue weighted by Crippen LogP contribution is -2.41. The summed E-state index contributed by atoms with van der Waals surface area (Å²) in [6, 6.07) is 1.63. The van der Waals surface area contributed by atoms with Gasteiger partial charge in [-0.2, -0.15) is 0 Å². The molecule has 0 spiro atoms. The fourth-order valence-electron chi connectivity index (χ4n) is 1.48. The van der Waals surface area contributed by atoms with Gasteiger partial charge in [0.1, 0.15) is 6.04 Å². The summed E-state index contributed by atoms with van der Waals surface area (Å²) < 4.78 is 0.971. The van der Waals surface area contributed by atoms with Gasteiger partial charge in [0.25, 0.3) is 5.91 Å². The van der Waals surface area contributed by atoms with Crippen LogP contribution in [0.3, 0.4) is 0 Å². The van der Waals surface area contributed by atoms with E-state index in [9.17, 15) is 14.4 Å². The Bertz CT molecular complexity index is 568. The van der Waals surface area contributed by atoms with Crippen molar-refractivity contribution in [2.75, 3.05) is 5.73 Å². The number of halogens is 2. The van der Waals surface area contributed by atoms with Gasteiger partial charge >= 0.3 is 11.9 Å². The number of carboxylic acids is 2. The first-order valence-corrected chi connectivity index (χ1v) is 7.31. The minimum absolute atomic E-state index is 0.199. The van der Waals surface area contributed by atoms with Crippen LogP contribution in [0.1, 0.15) is 23.2 Å². The van der Waals surface area contributed by atoms with E-state index >= 15 is 0 Å². The number of nitrogen functional groups attached to an aromatic ring is 1. The lowest BCUT2D eigenvalue weighted by molar-refractivity contribution is -0.140. The maximum atomic E-state index is 12.0. The number of aliphatic carboxylic acids is 2. The Balaban J connectivity index is 2.87. The number of amides is 1. The Labute approximate surface area is 136 Å². The molecule has 0 fully saturated rings. The molecule has 1 aromatic rings. The predicted octanol–water partition coefficient (Wildman–Crippen LogP) is 1.84. The molecule has 0 heterocycles. The van der Waals surface area contributed by atoms with Crippen LogP contribution in [0, 0.1) is 0 Å². The molecule has 9 heteroatoms. The van der Waals surface area contributed by atoms with E-state index in [-0.39, 0.29) is 18.4 Å². The van der Waals surface area contributed by atoms with Crippen molar-refractivity contribution >= 4 is 55.4 Å². The molecule has 0 aliphatic heterocycles. The number of rotatable bonds is 6. The number of carboxylic acid groups (broad SMARTS) is 2. The van der Waals surface area contributed by atoms with E-state index in [0.717, 1.165) is 0 Å². The molecule has 0 unspecified atom stereocenters. The molecule has 21 heavy (non-hydrogen) atoms. The van der Waals surface area contributed by atoms with Crippen LogP contribution in [0.2, 0.25) is 0 Å². The number of nitrogens with two attached hydrogens (primary N) is 1. The van der Waals surface area contributed by atoms with Gasteiger partial charge in [0.2, 0.25) is 0 Å². The van der Waals surface area contributed by atoms with Gasteiger partial charge < -0.3 is 21.3 Å². The Hall–Kier alpha value is -1.61. The monoisotopic (exact) mass is 422 g/mol. The number of hydrogen-bond donors (Lipinski definition) is 4. The zero-order valence-corrected chi connectivity index (χ0v) is 13.8. The van der Waals surface area contributed by atoms with E-state index in [1.807, 2.05) is 0 Å². The summed E-state index contributed by atoms with van der Waals surface area (Å²) in [5, 5.41) is 19.8. The van der Waals surface area contributed by atoms with Gasteiger partial charge in [-0.25, -0.2) is 4.79 Å². The van der Waals surface area contributed by atoms with Crippen LogP contribution < -0.4 is 11.1 Å². The molecule has 5 N–H and O–H groups in total. The Kier molecular flexibility index (Phi) is 6.16. The second kappa shape index (κ2) is 7.41. The Morgan fingerprint density at radius 1 is 1.19 bits per heavy atom. The Morgan fingerprint density at radius 3 is 2.14 bits per heavy atom. The molecule has 114 valence electrons. The SMILES string of the molecule is Nc1c(Br)cc(C(=O)N[C@@H](CCC(=O)O)C(=O)O)cc1Br. The van der Waals surface area contributed by atoms with Gasteiger partial charge in [-0.15, -0.1) is 0 Å². The summed E-state index contributed by atoms with van der Waals surface area (Å²) in [6.07, 6.45) is -0.555. The minimum atomic E-state index is -1.29. The molecule has 0 saturated heterocycles. The fourth-order valence-corrected chi connectivity index (χ4v) is 2.67. The van der Waals surface area contributed by atoms with Crippen LogP contribution >= 0.6 is 31.9 Å². The average molecular weight is 424 g/mol. The van der Waals surface area contributed by atoms with Crippen molar-refractivity contribution in [3.05, 3.63) is 26.6 Å². The molecule has 1 rings (SSSR count). The van der Waals surface area contributed by atoms with Crippen molar-refractivity contribution in [1.29, 1.82) is 0 Å². The number of hydrogen-bond acceptors (Lipinski definition) is 4. The van der Waals surface area contributed by atoms with Crippen LogP contribution in [-0.2, 0) is 9.59 Å². The lowest BCUT2D eigenvalue weighted by Gasteiger charge is -2.14. The summed E-state index contributed by atoms with van der Waals surface area (Å²) in [7, 11) is 0. The molecule has 0 bridgehead atoms. The van der Waals surface area contributed by atoms with E-state index in [0.29, 0.717) is 14.6 Å². The average Bonchev–Trinajstić information content (AvgIpc) is 2.39. The van der Waals surface area contributed by atoms with Crippen LogP contribution in [0.4, 0.5) is 5.69 Å². The highest BCUT2D eigenvalue weighted by atomic mass is 79.9. The van der Waals surface area contributed by atoms with Crippen molar-refractivity contribution in [3.8, 4) is 0 Å². The van der Waals surface area contributed by atoms with E-state index < -0.39 is 23.9 Å². The molecule has 0 aliphatic carbocycles. The summed E-state index contributed by atoms with van der Waals surface area (Å²) in [6.45, 7) is 0. The first kappa shape index (κ1) is 17.4.